The van der Waals surface area contributed by atoms with Crippen LogP contribution in [0.25, 0.3) is 0 Å². The van der Waals surface area contributed by atoms with Crippen LogP contribution in [0.5, 0.6) is 0 Å². The van der Waals surface area contributed by atoms with Crippen LogP contribution in [0.2, 0.25) is 0 Å². The minimum atomic E-state index is -4.83. The second-order valence-electron chi connectivity index (χ2n) is 12.6. The molecule has 298 valence electrons. The number of phosphoric ester groups is 1. The zero-order chi connectivity index (χ0) is 39.1. The quantitative estimate of drug-likeness (QED) is 0.0164. The van der Waals surface area contributed by atoms with E-state index in [2.05, 4.69) is 91.3 Å². The Bertz CT molecular complexity index is 1230. The molecule has 0 spiro atoms. The first kappa shape index (κ1) is 49.6. The predicted molar refractivity (Wildman–Crippen MR) is 216 cm³/mol. The lowest BCUT2D eigenvalue weighted by Gasteiger charge is -2.18. The molecule has 0 heterocycles. The van der Waals surface area contributed by atoms with E-state index < -0.39 is 39.1 Å². The molecule has 0 fully saturated rings. The van der Waals surface area contributed by atoms with Crippen LogP contribution >= 0.6 is 7.82 Å². The van der Waals surface area contributed by atoms with Crippen molar-refractivity contribution >= 4 is 25.5 Å². The smallest absolute Gasteiger partial charge is 0.462 e. The van der Waals surface area contributed by atoms with Crippen LogP contribution in [-0.4, -0.2) is 46.8 Å². The highest BCUT2D eigenvalue weighted by Crippen LogP contribution is 2.35. The number of ketones is 1. The standard InChI is InChI=1S/C43H67O9P/c1-3-5-7-9-11-13-15-17-18-19-20-22-24-26-28-30-32-36-42(45)50-38-41(39-51-53(47,48)49)52-43(46)37-33-35-40(44)34-31-29-27-25-23-21-16-14-12-10-8-6-4-2/h5,7,11-14,17-18,20-23,27,29,31,34,41H,3-4,6,8-10,15-16,19,24-26,28,30,32-33,35-39H2,1-2H3,(H2,47,48,49)/b7-5-,13-11-,14-12-,18-17-,22-20-,23-21-,29-27-,34-31+/t41-/m1/s1. The summed E-state index contributed by atoms with van der Waals surface area (Å²) in [5.74, 6) is -1.32. The van der Waals surface area contributed by atoms with Crippen molar-refractivity contribution < 1.29 is 42.7 Å². The molecule has 0 bridgehead atoms. The summed E-state index contributed by atoms with van der Waals surface area (Å²) >= 11 is 0. The summed E-state index contributed by atoms with van der Waals surface area (Å²) in [6, 6.07) is 0. The Morgan fingerprint density at radius 3 is 1.68 bits per heavy atom. The predicted octanol–water partition coefficient (Wildman–Crippen LogP) is 11.0. The van der Waals surface area contributed by atoms with E-state index in [-0.39, 0.29) is 31.5 Å². The molecule has 0 rings (SSSR count). The van der Waals surface area contributed by atoms with Gasteiger partial charge in [-0.25, -0.2) is 4.57 Å². The van der Waals surface area contributed by atoms with Crippen LogP contribution in [-0.2, 0) is 32.9 Å². The number of esters is 2. The molecule has 0 aromatic heterocycles. The van der Waals surface area contributed by atoms with Crippen LogP contribution in [0.3, 0.4) is 0 Å². The van der Waals surface area contributed by atoms with E-state index in [1.54, 1.807) is 12.2 Å². The average Bonchev–Trinajstić information content (AvgIpc) is 3.12. The summed E-state index contributed by atoms with van der Waals surface area (Å²) in [6.07, 6.45) is 47.0. The van der Waals surface area contributed by atoms with Gasteiger partial charge in [-0.3, -0.25) is 18.9 Å². The molecule has 1 atom stereocenters. The van der Waals surface area contributed by atoms with Gasteiger partial charge in [0.1, 0.15) is 6.61 Å². The van der Waals surface area contributed by atoms with Gasteiger partial charge in [-0.15, -0.1) is 0 Å². The number of hydrogen-bond donors (Lipinski definition) is 2. The molecule has 53 heavy (non-hydrogen) atoms. The Morgan fingerprint density at radius 2 is 1.09 bits per heavy atom. The fourth-order valence-electron chi connectivity index (χ4n) is 4.67. The summed E-state index contributed by atoms with van der Waals surface area (Å²) < 4.78 is 26.1. The van der Waals surface area contributed by atoms with Crippen molar-refractivity contribution in [3.05, 3.63) is 97.2 Å². The van der Waals surface area contributed by atoms with Crippen LogP contribution in [0.15, 0.2) is 97.2 Å². The first-order chi connectivity index (χ1) is 25.7. The number of phosphoric acid groups is 1. The Hall–Kier alpha value is -3.36. The molecule has 0 saturated carbocycles. The largest absolute Gasteiger partial charge is 0.469 e. The summed E-state index contributed by atoms with van der Waals surface area (Å²) in [6.45, 7) is 3.29. The molecule has 0 aromatic carbocycles. The van der Waals surface area contributed by atoms with Gasteiger partial charge in [0.15, 0.2) is 11.9 Å². The number of carbonyl (C=O) groups excluding carboxylic acids is 3. The molecule has 0 aliphatic rings. The van der Waals surface area contributed by atoms with Gasteiger partial charge in [-0.1, -0.05) is 131 Å². The molecule has 0 amide bonds. The van der Waals surface area contributed by atoms with Crippen molar-refractivity contribution in [3.8, 4) is 0 Å². The van der Waals surface area contributed by atoms with Crippen molar-refractivity contribution in [2.75, 3.05) is 13.2 Å². The summed E-state index contributed by atoms with van der Waals surface area (Å²) in [5.41, 5.74) is 0. The van der Waals surface area contributed by atoms with E-state index >= 15 is 0 Å². The van der Waals surface area contributed by atoms with E-state index in [0.717, 1.165) is 70.6 Å². The van der Waals surface area contributed by atoms with Crippen molar-refractivity contribution in [1.29, 1.82) is 0 Å². The molecule has 0 aliphatic heterocycles. The number of unbranched alkanes of at least 4 members (excludes halogenated alkanes) is 7. The molecular formula is C43H67O9P. The molecule has 0 aromatic rings. The number of ether oxygens (including phenoxy) is 2. The Morgan fingerprint density at radius 1 is 0.566 bits per heavy atom. The van der Waals surface area contributed by atoms with Crippen LogP contribution in [0.4, 0.5) is 0 Å². The summed E-state index contributed by atoms with van der Waals surface area (Å²) in [4.78, 5) is 54.9. The van der Waals surface area contributed by atoms with Gasteiger partial charge >= 0.3 is 19.8 Å². The molecule has 0 unspecified atom stereocenters. The lowest BCUT2D eigenvalue weighted by molar-refractivity contribution is -0.161. The normalized spacial score (nSPS) is 13.4. The third-order valence-corrected chi connectivity index (χ3v) is 8.05. The topological polar surface area (TPSA) is 136 Å². The van der Waals surface area contributed by atoms with Gasteiger partial charge in [0.05, 0.1) is 6.61 Å². The van der Waals surface area contributed by atoms with Crippen molar-refractivity contribution in [2.24, 2.45) is 0 Å². The molecule has 9 nitrogen and oxygen atoms in total. The van der Waals surface area contributed by atoms with Gasteiger partial charge in [0.2, 0.25) is 0 Å². The van der Waals surface area contributed by atoms with Gasteiger partial charge in [-0.05, 0) is 83.1 Å². The van der Waals surface area contributed by atoms with Crippen molar-refractivity contribution in [1.82, 2.24) is 0 Å². The lowest BCUT2D eigenvalue weighted by atomic mass is 10.1. The average molecular weight is 759 g/mol. The fourth-order valence-corrected chi connectivity index (χ4v) is 5.03. The van der Waals surface area contributed by atoms with Crippen LogP contribution in [0.1, 0.15) is 136 Å². The maximum Gasteiger partial charge on any atom is 0.469 e. The molecular weight excluding hydrogens is 691 g/mol. The minimum absolute atomic E-state index is 0.0888. The maximum atomic E-state index is 12.4. The summed E-state index contributed by atoms with van der Waals surface area (Å²) in [7, 11) is -4.83. The Balaban J connectivity index is 4.23. The minimum Gasteiger partial charge on any atom is -0.462 e. The lowest BCUT2D eigenvalue weighted by Crippen LogP contribution is -2.29. The first-order valence-electron chi connectivity index (χ1n) is 19.5. The Kier molecular flexibility index (Phi) is 34.6. The van der Waals surface area contributed by atoms with E-state index in [1.807, 2.05) is 6.08 Å². The maximum absolute atomic E-state index is 12.4. The number of hydrogen-bond acceptors (Lipinski definition) is 7. The second-order valence-corrected chi connectivity index (χ2v) is 13.8. The van der Waals surface area contributed by atoms with E-state index in [9.17, 15) is 18.9 Å². The second kappa shape index (κ2) is 37.0. The van der Waals surface area contributed by atoms with Gasteiger partial charge in [0.25, 0.3) is 0 Å². The monoisotopic (exact) mass is 758 g/mol. The molecule has 2 N–H and O–H groups in total. The number of rotatable bonds is 34. The molecule has 10 heteroatoms. The van der Waals surface area contributed by atoms with Gasteiger partial charge in [0, 0.05) is 19.3 Å². The summed E-state index contributed by atoms with van der Waals surface area (Å²) in [5, 5.41) is 0. The first-order valence-corrected chi connectivity index (χ1v) is 21.0. The number of carbonyl (C=O) groups is 3. The van der Waals surface area contributed by atoms with Gasteiger partial charge in [-0.2, -0.15) is 0 Å². The van der Waals surface area contributed by atoms with Gasteiger partial charge < -0.3 is 19.3 Å². The Labute approximate surface area is 320 Å². The number of allylic oxidation sites excluding steroid dienone is 16. The van der Waals surface area contributed by atoms with E-state index in [1.165, 1.54) is 25.3 Å². The van der Waals surface area contributed by atoms with E-state index in [0.29, 0.717) is 6.42 Å². The highest BCUT2D eigenvalue weighted by Gasteiger charge is 2.23. The zero-order valence-electron chi connectivity index (χ0n) is 32.4. The highest BCUT2D eigenvalue weighted by molar-refractivity contribution is 7.46. The van der Waals surface area contributed by atoms with Crippen molar-refractivity contribution in [3.63, 3.8) is 0 Å². The molecule has 0 saturated heterocycles. The third kappa shape index (κ3) is 39.7. The van der Waals surface area contributed by atoms with E-state index in [4.69, 9.17) is 19.3 Å². The highest BCUT2D eigenvalue weighted by atomic mass is 31.2. The van der Waals surface area contributed by atoms with Crippen LogP contribution < -0.4 is 0 Å². The molecule has 0 aliphatic carbocycles. The van der Waals surface area contributed by atoms with Crippen LogP contribution in [0, 0.1) is 0 Å². The molecule has 0 radical (unpaired) electrons. The fraction of sp³-hybridized carbons (Fsp3) is 0.558. The SMILES string of the molecule is CC/C=C\C/C=C\C/C=C\C/C=C\CCCCCCC(=O)OC[C@H](COP(=O)(O)O)OC(=O)CCCC(=O)/C=C/C=C\C/C=C\C/C=C\CCCCC. The zero-order valence-corrected chi connectivity index (χ0v) is 33.3. The van der Waals surface area contributed by atoms with Crippen molar-refractivity contribution in [2.45, 2.75) is 142 Å². The third-order valence-electron chi connectivity index (χ3n) is 7.56.